The zero-order chi connectivity index (χ0) is 11.8. The van der Waals surface area contributed by atoms with Crippen molar-refractivity contribution in [3.8, 4) is 5.82 Å². The molecule has 0 spiro atoms. The molecule has 0 aromatic carbocycles. The quantitative estimate of drug-likeness (QED) is 0.811. The molecular weight excluding hydrogens is 236 g/mol. The molecule has 2 aromatic heterocycles. The molecule has 83 valence electrons. The first-order valence-corrected chi connectivity index (χ1v) is 4.83. The maximum absolute atomic E-state index is 13.2. The van der Waals surface area contributed by atoms with Gasteiger partial charge in [-0.1, -0.05) is 11.6 Å². The first-order valence-electron chi connectivity index (χ1n) is 4.45. The Labute approximate surface area is 95.7 Å². The molecule has 0 N–H and O–H groups in total. The van der Waals surface area contributed by atoms with E-state index in [1.54, 1.807) is 12.1 Å². The molecule has 0 bridgehead atoms. The van der Waals surface area contributed by atoms with Crippen LogP contribution in [0.1, 0.15) is 12.6 Å². The van der Waals surface area contributed by atoms with Gasteiger partial charge in [-0.3, -0.25) is 0 Å². The molecule has 0 unspecified atom stereocenters. The molecule has 6 heteroatoms. The van der Waals surface area contributed by atoms with E-state index in [0.29, 0.717) is 0 Å². The Morgan fingerprint density at radius 1 is 1.50 bits per heavy atom. The van der Waals surface area contributed by atoms with Gasteiger partial charge in [0.05, 0.1) is 11.2 Å². The Morgan fingerprint density at radius 3 is 2.88 bits per heavy atom. The van der Waals surface area contributed by atoms with Crippen LogP contribution in [0.25, 0.3) is 5.82 Å². The molecule has 2 aromatic rings. The number of rotatable bonds is 2. The van der Waals surface area contributed by atoms with E-state index < -0.39 is 5.92 Å². The van der Waals surface area contributed by atoms with E-state index in [0.717, 1.165) is 17.8 Å². The lowest BCUT2D eigenvalue weighted by atomic mass is 10.2. The lowest BCUT2D eigenvalue weighted by Gasteiger charge is -2.12. The van der Waals surface area contributed by atoms with E-state index in [4.69, 9.17) is 11.6 Å². The average Bonchev–Trinajstić information content (AvgIpc) is 2.66. The third-order valence-electron chi connectivity index (χ3n) is 1.94. The van der Waals surface area contributed by atoms with Crippen LogP contribution in [0, 0.1) is 6.07 Å². The summed E-state index contributed by atoms with van der Waals surface area (Å²) in [6.45, 7) is 0.772. The van der Waals surface area contributed by atoms with Gasteiger partial charge in [-0.05, 0) is 12.1 Å². The van der Waals surface area contributed by atoms with E-state index in [1.165, 1.54) is 6.20 Å². The molecule has 2 rings (SSSR count). The largest absolute Gasteiger partial charge is 0.287 e. The summed E-state index contributed by atoms with van der Waals surface area (Å²) in [4.78, 5) is 3.91. The minimum atomic E-state index is -3.04. The third-order valence-corrected chi connectivity index (χ3v) is 2.24. The maximum Gasteiger partial charge on any atom is 0.287 e. The van der Waals surface area contributed by atoms with Gasteiger partial charge in [-0.15, -0.1) is 0 Å². The fourth-order valence-corrected chi connectivity index (χ4v) is 1.47. The predicted octanol–water partition coefficient (Wildman–Crippen LogP) is 2.83. The normalized spacial score (nSPS) is 11.8. The Kier molecular flexibility index (Phi) is 2.63. The minimum Gasteiger partial charge on any atom is -0.236 e. The molecule has 0 amide bonds. The van der Waals surface area contributed by atoms with Gasteiger partial charge in [-0.2, -0.15) is 13.9 Å². The molecule has 0 aliphatic rings. The smallest absolute Gasteiger partial charge is 0.236 e. The molecule has 0 aliphatic heterocycles. The molecule has 1 radical (unpaired) electrons. The van der Waals surface area contributed by atoms with Gasteiger partial charge in [-0.25, -0.2) is 9.67 Å². The highest BCUT2D eigenvalue weighted by molar-refractivity contribution is 6.32. The SMILES string of the molecule is CC(F)(F)c1[c]cnn1-c1ncccc1Cl. The summed E-state index contributed by atoms with van der Waals surface area (Å²) in [5, 5.41) is 4.00. The standard InChI is InChI=1S/C10H7ClF2N3/c1-10(12,13)8-4-6-15-16(8)9-7(11)3-2-5-14-9/h2-3,5-6H,1H3. The second-order valence-electron chi connectivity index (χ2n) is 3.25. The van der Waals surface area contributed by atoms with Crippen molar-refractivity contribution in [1.29, 1.82) is 0 Å². The van der Waals surface area contributed by atoms with Crippen LogP contribution in [0.2, 0.25) is 5.02 Å². The average molecular weight is 243 g/mol. The van der Waals surface area contributed by atoms with E-state index >= 15 is 0 Å². The first kappa shape index (κ1) is 11.0. The van der Waals surface area contributed by atoms with E-state index in [2.05, 4.69) is 16.1 Å². The topological polar surface area (TPSA) is 30.7 Å². The van der Waals surface area contributed by atoms with Crippen LogP contribution in [0.15, 0.2) is 24.5 Å². The Balaban J connectivity index is 2.58. The van der Waals surface area contributed by atoms with Crippen LogP contribution in [-0.4, -0.2) is 14.8 Å². The summed E-state index contributed by atoms with van der Waals surface area (Å²) in [6, 6.07) is 5.55. The Hall–Kier alpha value is -1.49. The molecule has 0 saturated heterocycles. The fourth-order valence-electron chi connectivity index (χ4n) is 1.27. The van der Waals surface area contributed by atoms with Crippen molar-refractivity contribution < 1.29 is 8.78 Å². The van der Waals surface area contributed by atoms with Crippen LogP contribution < -0.4 is 0 Å². The summed E-state index contributed by atoms with van der Waals surface area (Å²) >= 11 is 5.86. The van der Waals surface area contributed by atoms with Crippen molar-refractivity contribution in [3.05, 3.63) is 41.3 Å². The molecule has 2 heterocycles. The molecule has 0 saturated carbocycles. The maximum atomic E-state index is 13.2. The number of alkyl halides is 2. The number of aromatic nitrogens is 3. The second-order valence-corrected chi connectivity index (χ2v) is 3.65. The highest BCUT2D eigenvalue weighted by Crippen LogP contribution is 2.29. The molecular formula is C10H7ClF2N3. The number of hydrogen-bond acceptors (Lipinski definition) is 2. The van der Waals surface area contributed by atoms with E-state index in [9.17, 15) is 8.78 Å². The van der Waals surface area contributed by atoms with Gasteiger partial charge in [0.1, 0.15) is 5.69 Å². The number of hydrogen-bond donors (Lipinski definition) is 0. The second kappa shape index (κ2) is 3.83. The van der Waals surface area contributed by atoms with Crippen LogP contribution in [-0.2, 0) is 5.92 Å². The van der Waals surface area contributed by atoms with Gasteiger partial charge in [0.15, 0.2) is 5.82 Å². The third kappa shape index (κ3) is 1.90. The summed E-state index contributed by atoms with van der Waals surface area (Å²) in [5.74, 6) is -2.88. The molecule has 16 heavy (non-hydrogen) atoms. The zero-order valence-corrected chi connectivity index (χ0v) is 9.04. The van der Waals surface area contributed by atoms with Crippen LogP contribution in [0.5, 0.6) is 0 Å². The van der Waals surface area contributed by atoms with Gasteiger partial charge in [0, 0.05) is 19.2 Å². The zero-order valence-electron chi connectivity index (χ0n) is 8.28. The molecule has 0 atom stereocenters. The highest BCUT2D eigenvalue weighted by Gasteiger charge is 2.30. The van der Waals surface area contributed by atoms with Gasteiger partial charge in [0.2, 0.25) is 0 Å². The lowest BCUT2D eigenvalue weighted by Crippen LogP contribution is -2.15. The minimum absolute atomic E-state index is 0.168. The van der Waals surface area contributed by atoms with Gasteiger partial charge in [0.25, 0.3) is 5.92 Å². The molecule has 3 nitrogen and oxygen atoms in total. The summed E-state index contributed by atoms with van der Waals surface area (Å²) in [5.41, 5.74) is -0.367. The van der Waals surface area contributed by atoms with Crippen molar-refractivity contribution in [2.24, 2.45) is 0 Å². The van der Waals surface area contributed by atoms with Crippen molar-refractivity contribution in [2.45, 2.75) is 12.8 Å². The number of nitrogens with zero attached hydrogens (tertiary/aromatic N) is 3. The number of halogens is 3. The van der Waals surface area contributed by atoms with E-state index in [-0.39, 0.29) is 16.5 Å². The number of pyridine rings is 1. The van der Waals surface area contributed by atoms with E-state index in [1.807, 2.05) is 0 Å². The van der Waals surface area contributed by atoms with Gasteiger partial charge < -0.3 is 0 Å². The van der Waals surface area contributed by atoms with Crippen molar-refractivity contribution in [3.63, 3.8) is 0 Å². The summed E-state index contributed by atoms with van der Waals surface area (Å²) < 4.78 is 27.4. The van der Waals surface area contributed by atoms with Crippen molar-refractivity contribution >= 4 is 11.6 Å². The van der Waals surface area contributed by atoms with Crippen LogP contribution in [0.4, 0.5) is 8.78 Å². The van der Waals surface area contributed by atoms with Crippen LogP contribution >= 0.6 is 11.6 Å². The van der Waals surface area contributed by atoms with Gasteiger partial charge >= 0.3 is 0 Å². The summed E-state index contributed by atoms with van der Waals surface area (Å²) in [6.07, 6.45) is 2.62. The Bertz CT molecular complexity index is 505. The van der Waals surface area contributed by atoms with Crippen LogP contribution in [0.3, 0.4) is 0 Å². The lowest BCUT2D eigenvalue weighted by molar-refractivity contribution is 0.00985. The molecule has 0 fully saturated rings. The Morgan fingerprint density at radius 2 is 2.25 bits per heavy atom. The monoisotopic (exact) mass is 242 g/mol. The predicted molar refractivity (Wildman–Crippen MR) is 54.8 cm³/mol. The summed E-state index contributed by atoms with van der Waals surface area (Å²) in [7, 11) is 0. The molecule has 0 aliphatic carbocycles. The van der Waals surface area contributed by atoms with Crippen molar-refractivity contribution in [1.82, 2.24) is 14.8 Å². The first-order chi connectivity index (χ1) is 7.50. The van der Waals surface area contributed by atoms with Crippen molar-refractivity contribution in [2.75, 3.05) is 0 Å². The highest BCUT2D eigenvalue weighted by atomic mass is 35.5. The fraction of sp³-hybridized carbons (Fsp3) is 0.200.